The van der Waals surface area contributed by atoms with Crippen molar-refractivity contribution in [1.82, 2.24) is 19.7 Å². The second-order valence-corrected chi connectivity index (χ2v) is 6.67. The molecule has 0 fully saturated rings. The van der Waals surface area contributed by atoms with E-state index in [0.29, 0.717) is 27.6 Å². The van der Waals surface area contributed by atoms with E-state index < -0.39 is 0 Å². The molecular weight excluding hydrogens is 374 g/mol. The van der Waals surface area contributed by atoms with E-state index in [1.807, 2.05) is 24.3 Å². The largest absolute Gasteiger partial charge is 0.334 e. The number of anilines is 1. The molecule has 26 heavy (non-hydrogen) atoms. The maximum Gasteiger partial charge on any atom is 0.274 e. The number of halogens is 1. The summed E-state index contributed by atoms with van der Waals surface area (Å²) in [5.74, 6) is 0.571. The van der Waals surface area contributed by atoms with Gasteiger partial charge in [-0.2, -0.15) is 4.98 Å². The van der Waals surface area contributed by atoms with Gasteiger partial charge in [-0.1, -0.05) is 28.9 Å². The smallest absolute Gasteiger partial charge is 0.274 e. The number of carbonyl (C=O) groups excluding carboxylic acids is 1. The highest BCUT2D eigenvalue weighted by atomic mass is 35.5. The number of amides is 1. The molecule has 1 amide bonds. The van der Waals surface area contributed by atoms with Gasteiger partial charge < -0.3 is 14.4 Å². The molecule has 1 N–H and O–H groups in total. The SMILES string of the molecule is O=C(Cn1cccc1-c1nc(-c2cccc(Cl)c2)no1)Nc1nccs1. The fourth-order valence-electron chi connectivity index (χ4n) is 2.42. The van der Waals surface area contributed by atoms with Crippen molar-refractivity contribution in [1.29, 1.82) is 0 Å². The van der Waals surface area contributed by atoms with Crippen molar-refractivity contribution in [2.24, 2.45) is 0 Å². The van der Waals surface area contributed by atoms with E-state index in [4.69, 9.17) is 16.1 Å². The summed E-state index contributed by atoms with van der Waals surface area (Å²) in [6.07, 6.45) is 3.41. The fourth-order valence-corrected chi connectivity index (χ4v) is 3.15. The molecule has 3 heterocycles. The van der Waals surface area contributed by atoms with Gasteiger partial charge in [0.2, 0.25) is 11.7 Å². The quantitative estimate of drug-likeness (QED) is 0.562. The maximum absolute atomic E-state index is 12.2. The van der Waals surface area contributed by atoms with Crippen LogP contribution in [0.3, 0.4) is 0 Å². The van der Waals surface area contributed by atoms with Crippen LogP contribution in [-0.2, 0) is 11.3 Å². The molecule has 4 aromatic rings. The van der Waals surface area contributed by atoms with E-state index in [2.05, 4.69) is 20.4 Å². The van der Waals surface area contributed by atoms with Gasteiger partial charge in [-0.3, -0.25) is 4.79 Å². The Morgan fingerprint density at radius 2 is 2.23 bits per heavy atom. The van der Waals surface area contributed by atoms with Gasteiger partial charge in [-0.25, -0.2) is 4.98 Å². The van der Waals surface area contributed by atoms with E-state index >= 15 is 0 Å². The van der Waals surface area contributed by atoms with Crippen LogP contribution in [0.15, 0.2) is 58.7 Å². The van der Waals surface area contributed by atoms with Crippen molar-refractivity contribution in [3.05, 3.63) is 59.2 Å². The normalized spacial score (nSPS) is 10.8. The van der Waals surface area contributed by atoms with Crippen LogP contribution in [0.1, 0.15) is 0 Å². The molecule has 0 saturated heterocycles. The average Bonchev–Trinajstić information content (AvgIpc) is 3.36. The Morgan fingerprint density at radius 3 is 3.04 bits per heavy atom. The highest BCUT2D eigenvalue weighted by Gasteiger charge is 2.16. The predicted molar refractivity (Wildman–Crippen MR) is 98.9 cm³/mol. The Morgan fingerprint density at radius 1 is 1.31 bits per heavy atom. The molecule has 0 spiro atoms. The lowest BCUT2D eigenvalue weighted by atomic mass is 10.2. The number of hydrogen-bond donors (Lipinski definition) is 1. The van der Waals surface area contributed by atoms with Crippen LogP contribution in [0.2, 0.25) is 5.02 Å². The zero-order valence-electron chi connectivity index (χ0n) is 13.3. The highest BCUT2D eigenvalue weighted by molar-refractivity contribution is 7.13. The van der Waals surface area contributed by atoms with Crippen LogP contribution < -0.4 is 5.32 Å². The molecule has 0 aliphatic rings. The van der Waals surface area contributed by atoms with Gasteiger partial charge in [0.05, 0.1) is 0 Å². The van der Waals surface area contributed by atoms with E-state index in [1.165, 1.54) is 11.3 Å². The van der Waals surface area contributed by atoms with Gasteiger partial charge >= 0.3 is 0 Å². The van der Waals surface area contributed by atoms with Gasteiger partial charge in [0.1, 0.15) is 12.2 Å². The summed E-state index contributed by atoms with van der Waals surface area (Å²) in [6, 6.07) is 10.8. The lowest BCUT2D eigenvalue weighted by molar-refractivity contribution is -0.116. The van der Waals surface area contributed by atoms with Crippen molar-refractivity contribution >= 4 is 34.0 Å². The topological polar surface area (TPSA) is 85.8 Å². The summed E-state index contributed by atoms with van der Waals surface area (Å²) in [5, 5.41) is 9.69. The zero-order valence-corrected chi connectivity index (χ0v) is 14.9. The highest BCUT2D eigenvalue weighted by Crippen LogP contribution is 2.24. The third kappa shape index (κ3) is 3.51. The summed E-state index contributed by atoms with van der Waals surface area (Å²) in [7, 11) is 0. The van der Waals surface area contributed by atoms with E-state index in [9.17, 15) is 4.79 Å². The van der Waals surface area contributed by atoms with Crippen LogP contribution in [0.4, 0.5) is 5.13 Å². The van der Waals surface area contributed by atoms with Gasteiger partial charge in [-0.05, 0) is 24.3 Å². The molecule has 1 aromatic carbocycles. The first-order valence-corrected chi connectivity index (χ1v) is 8.89. The van der Waals surface area contributed by atoms with E-state index in [1.54, 1.807) is 34.5 Å². The first kappa shape index (κ1) is 16.5. The minimum Gasteiger partial charge on any atom is -0.334 e. The standard InChI is InChI=1S/C17H12ClN5O2S/c18-12-4-1-3-11(9-12)15-21-16(25-22-15)13-5-2-7-23(13)10-14(24)20-17-19-6-8-26-17/h1-9H,10H2,(H,19,20,24). The molecule has 0 aliphatic carbocycles. The third-order valence-electron chi connectivity index (χ3n) is 3.55. The molecule has 0 unspecified atom stereocenters. The molecule has 0 aliphatic heterocycles. The average molecular weight is 386 g/mol. The molecule has 3 aromatic heterocycles. The minimum absolute atomic E-state index is 0.108. The molecule has 0 atom stereocenters. The van der Waals surface area contributed by atoms with Crippen molar-refractivity contribution in [3.63, 3.8) is 0 Å². The summed E-state index contributed by atoms with van der Waals surface area (Å²) in [6.45, 7) is 0.108. The Kier molecular flexibility index (Phi) is 4.51. The summed E-state index contributed by atoms with van der Waals surface area (Å²) < 4.78 is 7.10. The summed E-state index contributed by atoms with van der Waals surface area (Å²) >= 11 is 7.37. The third-order valence-corrected chi connectivity index (χ3v) is 4.47. The Bertz CT molecular complexity index is 1040. The second-order valence-electron chi connectivity index (χ2n) is 5.34. The van der Waals surface area contributed by atoms with Crippen molar-refractivity contribution < 1.29 is 9.32 Å². The monoisotopic (exact) mass is 385 g/mol. The predicted octanol–water partition coefficient (Wildman–Crippen LogP) is 3.95. The number of thiazole rings is 1. The second kappa shape index (κ2) is 7.11. The van der Waals surface area contributed by atoms with Gasteiger partial charge in [0.25, 0.3) is 5.89 Å². The van der Waals surface area contributed by atoms with Crippen molar-refractivity contribution in [3.8, 4) is 23.0 Å². The first-order chi connectivity index (χ1) is 12.7. The van der Waals surface area contributed by atoms with Crippen LogP contribution in [0.25, 0.3) is 23.0 Å². The number of benzene rings is 1. The fraction of sp³-hybridized carbons (Fsp3) is 0.0588. The van der Waals surface area contributed by atoms with Crippen molar-refractivity contribution in [2.75, 3.05) is 5.32 Å². The number of carbonyl (C=O) groups is 1. The van der Waals surface area contributed by atoms with Crippen molar-refractivity contribution in [2.45, 2.75) is 6.54 Å². The number of nitrogens with zero attached hydrogens (tertiary/aromatic N) is 4. The molecule has 4 rings (SSSR count). The lowest BCUT2D eigenvalue weighted by Crippen LogP contribution is -2.18. The van der Waals surface area contributed by atoms with Gasteiger partial charge in [0, 0.05) is 28.4 Å². The Hall–Kier alpha value is -2.97. The molecule has 9 heteroatoms. The number of hydrogen-bond acceptors (Lipinski definition) is 6. The first-order valence-electron chi connectivity index (χ1n) is 7.63. The molecule has 130 valence electrons. The maximum atomic E-state index is 12.2. The van der Waals surface area contributed by atoms with Crippen LogP contribution in [0, 0.1) is 0 Å². The molecule has 0 bridgehead atoms. The molecule has 0 radical (unpaired) electrons. The molecular formula is C17H12ClN5O2S. The van der Waals surface area contributed by atoms with Crippen LogP contribution in [0.5, 0.6) is 0 Å². The number of nitrogens with one attached hydrogen (secondary N) is 1. The molecule has 7 nitrogen and oxygen atoms in total. The Labute approximate surface area is 157 Å². The summed E-state index contributed by atoms with van der Waals surface area (Å²) in [4.78, 5) is 20.6. The van der Waals surface area contributed by atoms with E-state index in [0.717, 1.165) is 5.56 Å². The number of rotatable bonds is 5. The summed E-state index contributed by atoms with van der Waals surface area (Å²) in [5.41, 5.74) is 1.41. The van der Waals surface area contributed by atoms with E-state index in [-0.39, 0.29) is 12.5 Å². The van der Waals surface area contributed by atoms with Gasteiger partial charge in [0.15, 0.2) is 5.13 Å². The number of aromatic nitrogens is 4. The van der Waals surface area contributed by atoms with Crippen LogP contribution >= 0.6 is 22.9 Å². The Balaban J connectivity index is 1.54. The zero-order chi connectivity index (χ0) is 17.9. The van der Waals surface area contributed by atoms with Gasteiger partial charge in [-0.15, -0.1) is 11.3 Å². The minimum atomic E-state index is -0.188. The lowest BCUT2D eigenvalue weighted by Gasteiger charge is -2.06. The molecule has 0 saturated carbocycles. The van der Waals surface area contributed by atoms with Crippen LogP contribution in [-0.4, -0.2) is 25.6 Å².